The van der Waals surface area contributed by atoms with E-state index in [2.05, 4.69) is 4.98 Å². The molecule has 2 rings (SSSR count). The molecule has 0 bridgehead atoms. The molecule has 84 valence electrons. The van der Waals surface area contributed by atoms with Gasteiger partial charge >= 0.3 is 5.97 Å². The van der Waals surface area contributed by atoms with Crippen LogP contribution in [0, 0.1) is 0 Å². The highest BCUT2D eigenvalue weighted by atomic mass is 16.5. The van der Waals surface area contributed by atoms with Crippen LogP contribution in [0.4, 0.5) is 0 Å². The number of fused-ring (bicyclic) bond motifs is 1. The first kappa shape index (κ1) is 10.7. The number of hydrogen-bond donors (Lipinski definition) is 0. The molecule has 0 saturated carbocycles. The van der Waals surface area contributed by atoms with Gasteiger partial charge in [0.05, 0.1) is 17.6 Å². The van der Waals surface area contributed by atoms with Crippen molar-refractivity contribution in [2.75, 3.05) is 6.61 Å². The van der Waals surface area contributed by atoms with Crippen molar-refractivity contribution in [2.24, 2.45) is 7.05 Å². The highest BCUT2D eigenvalue weighted by Crippen LogP contribution is 2.14. The van der Waals surface area contributed by atoms with E-state index >= 15 is 0 Å². The molecule has 4 nitrogen and oxygen atoms in total. The maximum Gasteiger partial charge on any atom is 0.313 e. The minimum absolute atomic E-state index is 0.221. The van der Waals surface area contributed by atoms with Gasteiger partial charge in [0.2, 0.25) is 0 Å². The van der Waals surface area contributed by atoms with Gasteiger partial charge in [-0.25, -0.2) is 4.98 Å². The molecule has 2 aromatic rings. The van der Waals surface area contributed by atoms with Crippen molar-refractivity contribution in [3.8, 4) is 0 Å². The fraction of sp³-hybridized carbons (Fsp3) is 0.333. The molecule has 0 aliphatic heterocycles. The largest absolute Gasteiger partial charge is 0.466 e. The average molecular weight is 218 g/mol. The number of esters is 1. The zero-order chi connectivity index (χ0) is 11.5. The molecule has 0 amide bonds. The normalized spacial score (nSPS) is 10.6. The molecule has 0 spiro atoms. The van der Waals surface area contributed by atoms with Crippen LogP contribution in [0.3, 0.4) is 0 Å². The summed E-state index contributed by atoms with van der Waals surface area (Å²) in [6.07, 6.45) is 0.221. The lowest BCUT2D eigenvalue weighted by Gasteiger charge is -2.02. The van der Waals surface area contributed by atoms with Crippen molar-refractivity contribution in [3.63, 3.8) is 0 Å². The summed E-state index contributed by atoms with van der Waals surface area (Å²) in [5, 5.41) is 0. The molecule has 0 aliphatic carbocycles. The number of hydrogen-bond acceptors (Lipinski definition) is 3. The monoisotopic (exact) mass is 218 g/mol. The van der Waals surface area contributed by atoms with Crippen molar-refractivity contribution in [1.29, 1.82) is 0 Å². The quantitative estimate of drug-likeness (QED) is 0.736. The van der Waals surface area contributed by atoms with E-state index in [9.17, 15) is 4.79 Å². The summed E-state index contributed by atoms with van der Waals surface area (Å²) in [4.78, 5) is 15.8. The number of imidazole rings is 1. The van der Waals surface area contributed by atoms with Gasteiger partial charge in [0.1, 0.15) is 12.2 Å². The zero-order valence-corrected chi connectivity index (χ0v) is 9.43. The van der Waals surface area contributed by atoms with Crippen molar-refractivity contribution in [3.05, 3.63) is 30.1 Å². The van der Waals surface area contributed by atoms with E-state index in [-0.39, 0.29) is 12.4 Å². The van der Waals surface area contributed by atoms with E-state index < -0.39 is 0 Å². The highest BCUT2D eigenvalue weighted by molar-refractivity contribution is 5.78. The Morgan fingerprint density at radius 2 is 2.19 bits per heavy atom. The smallest absolute Gasteiger partial charge is 0.313 e. The number of rotatable bonds is 3. The van der Waals surface area contributed by atoms with Crippen LogP contribution in [0.2, 0.25) is 0 Å². The van der Waals surface area contributed by atoms with Gasteiger partial charge in [0, 0.05) is 7.05 Å². The molecule has 0 atom stereocenters. The third-order valence-corrected chi connectivity index (χ3v) is 2.49. The van der Waals surface area contributed by atoms with Gasteiger partial charge in [-0.15, -0.1) is 0 Å². The number of aryl methyl sites for hydroxylation is 1. The number of carbonyl (C=O) groups excluding carboxylic acids is 1. The molecule has 1 heterocycles. The standard InChI is InChI=1S/C12H14N2O2/c1-3-16-12(15)8-11-13-9-6-4-5-7-10(9)14(11)2/h4-7H,3,8H2,1-2H3. The van der Waals surface area contributed by atoms with E-state index in [1.165, 1.54) is 0 Å². The van der Waals surface area contributed by atoms with Gasteiger partial charge in [-0.2, -0.15) is 0 Å². The number of carbonyl (C=O) groups is 1. The SMILES string of the molecule is CCOC(=O)Cc1nc2ccccc2n1C. The number of benzene rings is 1. The van der Waals surface area contributed by atoms with E-state index in [1.807, 2.05) is 35.9 Å². The van der Waals surface area contributed by atoms with Gasteiger partial charge in [-0.1, -0.05) is 12.1 Å². The Balaban J connectivity index is 2.31. The van der Waals surface area contributed by atoms with E-state index in [1.54, 1.807) is 6.92 Å². The van der Waals surface area contributed by atoms with Crippen molar-refractivity contribution in [2.45, 2.75) is 13.3 Å². The second-order valence-electron chi connectivity index (χ2n) is 3.56. The van der Waals surface area contributed by atoms with Gasteiger partial charge in [0.15, 0.2) is 0 Å². The number of nitrogens with zero attached hydrogens (tertiary/aromatic N) is 2. The molecule has 16 heavy (non-hydrogen) atoms. The maximum absolute atomic E-state index is 11.4. The van der Waals surface area contributed by atoms with Crippen molar-refractivity contribution >= 4 is 17.0 Å². The second-order valence-corrected chi connectivity index (χ2v) is 3.56. The number of ether oxygens (including phenoxy) is 1. The van der Waals surface area contributed by atoms with Crippen LogP contribution >= 0.6 is 0 Å². The summed E-state index contributed by atoms with van der Waals surface area (Å²) in [6.45, 7) is 2.20. The van der Waals surface area contributed by atoms with Crippen LogP contribution in [0.25, 0.3) is 11.0 Å². The van der Waals surface area contributed by atoms with Crippen LogP contribution in [-0.4, -0.2) is 22.1 Å². The summed E-state index contributed by atoms with van der Waals surface area (Å²) in [7, 11) is 1.91. The van der Waals surface area contributed by atoms with Gasteiger partial charge in [-0.3, -0.25) is 4.79 Å². The lowest BCUT2D eigenvalue weighted by atomic mass is 10.3. The highest BCUT2D eigenvalue weighted by Gasteiger charge is 2.11. The molecule has 0 aliphatic rings. The predicted molar refractivity (Wildman–Crippen MR) is 61.1 cm³/mol. The molecule has 4 heteroatoms. The lowest BCUT2D eigenvalue weighted by molar-refractivity contribution is -0.142. The van der Waals surface area contributed by atoms with Crippen LogP contribution < -0.4 is 0 Å². The Morgan fingerprint density at radius 3 is 2.88 bits per heavy atom. The molecule has 1 aromatic heterocycles. The fourth-order valence-corrected chi connectivity index (χ4v) is 1.69. The second kappa shape index (κ2) is 4.35. The molecular formula is C12H14N2O2. The first-order chi connectivity index (χ1) is 7.72. The fourth-order valence-electron chi connectivity index (χ4n) is 1.69. The molecule has 0 fully saturated rings. The lowest BCUT2D eigenvalue weighted by Crippen LogP contribution is -2.11. The van der Waals surface area contributed by atoms with Crippen LogP contribution in [0.5, 0.6) is 0 Å². The third-order valence-electron chi connectivity index (χ3n) is 2.49. The molecule has 1 aromatic carbocycles. The van der Waals surface area contributed by atoms with Gasteiger partial charge in [0.25, 0.3) is 0 Å². The topological polar surface area (TPSA) is 44.1 Å². The van der Waals surface area contributed by atoms with E-state index in [0.29, 0.717) is 6.61 Å². The zero-order valence-electron chi connectivity index (χ0n) is 9.43. The predicted octanol–water partition coefficient (Wildman–Crippen LogP) is 1.68. The van der Waals surface area contributed by atoms with Gasteiger partial charge < -0.3 is 9.30 Å². The summed E-state index contributed by atoms with van der Waals surface area (Å²) >= 11 is 0. The van der Waals surface area contributed by atoms with Crippen LogP contribution in [0.1, 0.15) is 12.7 Å². The minimum atomic E-state index is -0.235. The van der Waals surface area contributed by atoms with Crippen molar-refractivity contribution in [1.82, 2.24) is 9.55 Å². The average Bonchev–Trinajstić information content (AvgIpc) is 2.57. The molecule has 0 N–H and O–H groups in total. The molecule has 0 radical (unpaired) electrons. The summed E-state index contributed by atoms with van der Waals surface area (Å²) in [5.41, 5.74) is 1.94. The molecule has 0 saturated heterocycles. The first-order valence-corrected chi connectivity index (χ1v) is 5.28. The molecule has 0 unspecified atom stereocenters. The maximum atomic E-state index is 11.4. The minimum Gasteiger partial charge on any atom is -0.466 e. The Bertz CT molecular complexity index is 517. The third kappa shape index (κ3) is 1.91. The summed E-state index contributed by atoms with van der Waals surface area (Å²) < 4.78 is 6.83. The van der Waals surface area contributed by atoms with E-state index in [4.69, 9.17) is 4.74 Å². The van der Waals surface area contributed by atoms with Crippen LogP contribution in [-0.2, 0) is 23.0 Å². The van der Waals surface area contributed by atoms with Crippen LogP contribution in [0.15, 0.2) is 24.3 Å². The number of aromatic nitrogens is 2. The Kier molecular flexibility index (Phi) is 2.90. The first-order valence-electron chi connectivity index (χ1n) is 5.28. The Labute approximate surface area is 93.9 Å². The summed E-state index contributed by atoms with van der Waals surface area (Å²) in [5.74, 6) is 0.501. The Hall–Kier alpha value is -1.84. The van der Waals surface area contributed by atoms with E-state index in [0.717, 1.165) is 16.9 Å². The van der Waals surface area contributed by atoms with Gasteiger partial charge in [-0.05, 0) is 19.1 Å². The molecular weight excluding hydrogens is 204 g/mol. The summed E-state index contributed by atoms with van der Waals surface area (Å²) in [6, 6.07) is 7.81. The Morgan fingerprint density at radius 1 is 1.44 bits per heavy atom. The van der Waals surface area contributed by atoms with Crippen molar-refractivity contribution < 1.29 is 9.53 Å². The number of para-hydroxylation sites is 2.